The molecule has 560 valence electrons. The van der Waals surface area contributed by atoms with Crippen molar-refractivity contribution in [2.45, 2.75) is 149 Å². The minimum absolute atomic E-state index is 0.00688. The predicted octanol–water partition coefficient (Wildman–Crippen LogP) is 11.2. The number of hydrogen-bond acceptors (Lipinski definition) is 19. The van der Waals surface area contributed by atoms with Crippen LogP contribution in [0.15, 0.2) is 128 Å². The number of benzene rings is 6. The van der Waals surface area contributed by atoms with Crippen LogP contribution in [0.3, 0.4) is 0 Å². The van der Waals surface area contributed by atoms with Crippen LogP contribution in [0, 0.1) is 23.2 Å². The molecule has 0 radical (unpaired) electrons. The molecular formula is C82H91N9O16. The number of methoxy groups -OCH3 is 3. The molecule has 13 rings (SSSR count). The zero-order valence-electron chi connectivity index (χ0n) is 61.8. The van der Waals surface area contributed by atoms with E-state index in [-0.39, 0.29) is 116 Å². The molecule has 5 amide bonds. The van der Waals surface area contributed by atoms with Crippen LogP contribution in [0.5, 0.6) is 28.7 Å². The zero-order valence-corrected chi connectivity index (χ0v) is 61.8. The molecular weight excluding hydrogens is 1370 g/mol. The molecule has 25 heteroatoms. The van der Waals surface area contributed by atoms with Crippen molar-refractivity contribution in [1.29, 1.82) is 0 Å². The summed E-state index contributed by atoms with van der Waals surface area (Å²) in [6, 6.07) is 35.0. The number of aliphatic hydroxyl groups is 1. The molecule has 5 aliphatic heterocycles. The zero-order chi connectivity index (χ0) is 75.5. The van der Waals surface area contributed by atoms with Gasteiger partial charge >= 0.3 is 12.1 Å². The van der Waals surface area contributed by atoms with Gasteiger partial charge in [0.1, 0.15) is 18.1 Å². The fourth-order valence-electron chi connectivity index (χ4n) is 15.0. The van der Waals surface area contributed by atoms with Crippen molar-refractivity contribution >= 4 is 64.2 Å². The van der Waals surface area contributed by atoms with Crippen LogP contribution in [0.1, 0.15) is 147 Å². The summed E-state index contributed by atoms with van der Waals surface area (Å²) in [4.78, 5) is 122. The lowest BCUT2D eigenvalue weighted by Crippen LogP contribution is -2.50. The first kappa shape index (κ1) is 74.2. The number of aliphatic hydroxyl groups excluding tert-OH is 1. The number of anilines is 2. The number of Topliss-reactive ketones (excluding diaryl/α,β-unsaturated/α-hetero) is 2. The number of carbonyl (C=O) groups is 8. The van der Waals surface area contributed by atoms with Crippen LogP contribution in [0.25, 0.3) is 28.1 Å². The number of nitrogens with one attached hydrogen (secondary N) is 2. The number of nitrogens with zero attached hydrogens (tertiary/aromatic N) is 7. The molecule has 25 nitrogen and oxygen atoms in total. The Bertz CT molecular complexity index is 4600. The number of fused-ring (bicyclic) bond motifs is 9. The molecule has 6 atom stereocenters. The Kier molecular flexibility index (Phi) is 21.9. The van der Waals surface area contributed by atoms with E-state index in [1.54, 1.807) is 70.0 Å². The molecule has 1 spiro atoms. The summed E-state index contributed by atoms with van der Waals surface area (Å²) >= 11 is 0. The van der Waals surface area contributed by atoms with Crippen molar-refractivity contribution in [3.8, 4) is 51.3 Å². The summed E-state index contributed by atoms with van der Waals surface area (Å²) in [5.74, 6) is -2.80. The van der Waals surface area contributed by atoms with E-state index in [0.29, 0.717) is 65.4 Å². The minimum atomic E-state index is -1.48. The Morgan fingerprint density at radius 2 is 1.38 bits per heavy atom. The minimum Gasteiger partial charge on any atom is -0.497 e. The molecule has 1 aliphatic carbocycles. The molecule has 1 saturated carbocycles. The molecule has 1 saturated heterocycles. The SMILES string of the molecule is COc1ccc(C2=CN3C(=O)c4cc(OC)c(OCCCOc5cc6c(cc5OC)C(=O)N5CC7(CC7)C[C@H]5C(O)N6C(=O)OCc5ccc(CC(=O)[C@H](C)NC(=O)[C@@H](CC(=O)CNC(=O)C(C)CC(=O)ON6Cc7ccccc7-c7c(nnn7C(C)C)-c7ccccc76)C(C)C)cc5)cc4CC[C@@H]3C2)cc1. The lowest BCUT2D eigenvalue weighted by molar-refractivity contribution is -0.148. The van der Waals surface area contributed by atoms with Crippen LogP contribution < -0.4 is 44.3 Å². The van der Waals surface area contributed by atoms with Crippen molar-refractivity contribution in [3.05, 3.63) is 166 Å². The van der Waals surface area contributed by atoms with Crippen LogP contribution in [0.4, 0.5) is 16.2 Å². The first-order valence-electron chi connectivity index (χ1n) is 36.7. The van der Waals surface area contributed by atoms with E-state index in [9.17, 15) is 43.5 Å². The molecule has 7 aromatic rings. The van der Waals surface area contributed by atoms with Crippen LogP contribution in [-0.4, -0.2) is 149 Å². The Labute approximate surface area is 621 Å². The van der Waals surface area contributed by atoms with E-state index in [0.717, 1.165) is 75.4 Å². The van der Waals surface area contributed by atoms with Crippen molar-refractivity contribution in [3.63, 3.8) is 0 Å². The third-order valence-electron chi connectivity index (χ3n) is 21.3. The van der Waals surface area contributed by atoms with Crippen molar-refractivity contribution in [1.82, 2.24) is 35.4 Å². The van der Waals surface area contributed by atoms with Crippen LogP contribution in [0.2, 0.25) is 0 Å². The highest BCUT2D eigenvalue weighted by molar-refractivity contribution is 6.06. The molecule has 6 aromatic carbocycles. The maximum absolute atomic E-state index is 14.6. The fourth-order valence-corrected chi connectivity index (χ4v) is 15.0. The van der Waals surface area contributed by atoms with Gasteiger partial charge in [-0.05, 0) is 140 Å². The highest BCUT2D eigenvalue weighted by atomic mass is 16.7. The van der Waals surface area contributed by atoms with E-state index < -0.39 is 59.8 Å². The van der Waals surface area contributed by atoms with Gasteiger partial charge in [0.25, 0.3) is 11.8 Å². The quantitative estimate of drug-likeness (QED) is 0.0403. The summed E-state index contributed by atoms with van der Waals surface area (Å²) in [7, 11) is 4.62. The lowest BCUT2D eigenvalue weighted by atomic mass is 9.89. The number of ether oxygens (including phenoxy) is 6. The lowest BCUT2D eigenvalue weighted by Gasteiger charge is -2.31. The van der Waals surface area contributed by atoms with Gasteiger partial charge in [-0.25, -0.2) is 24.2 Å². The summed E-state index contributed by atoms with van der Waals surface area (Å²) in [5, 5.41) is 28.2. The maximum atomic E-state index is 14.6. The molecule has 6 aliphatic rings. The Morgan fingerprint density at radius 3 is 2.07 bits per heavy atom. The van der Waals surface area contributed by atoms with Crippen molar-refractivity contribution in [2.75, 3.05) is 57.6 Å². The van der Waals surface area contributed by atoms with Gasteiger partial charge < -0.3 is 58.8 Å². The fraction of sp³-hybridized carbons (Fsp3) is 0.415. The Morgan fingerprint density at radius 1 is 0.701 bits per heavy atom. The Hall–Kier alpha value is -11.1. The third-order valence-corrected chi connectivity index (χ3v) is 21.3. The van der Waals surface area contributed by atoms with Crippen LogP contribution >= 0.6 is 0 Å². The number of ketones is 2. The average Bonchev–Trinajstić information content (AvgIpc) is 1.57. The van der Waals surface area contributed by atoms with E-state index in [2.05, 4.69) is 20.9 Å². The second-order valence-corrected chi connectivity index (χ2v) is 29.4. The van der Waals surface area contributed by atoms with Crippen molar-refractivity contribution in [2.24, 2.45) is 23.2 Å². The Balaban J connectivity index is 0.585. The first-order chi connectivity index (χ1) is 51.5. The summed E-state index contributed by atoms with van der Waals surface area (Å²) in [5.41, 5.74) is 9.39. The monoisotopic (exact) mass is 1460 g/mol. The largest absolute Gasteiger partial charge is 0.497 e. The molecule has 0 bridgehead atoms. The third kappa shape index (κ3) is 15.8. The maximum Gasteiger partial charge on any atom is 0.416 e. The highest BCUT2D eigenvalue weighted by Gasteiger charge is 2.58. The summed E-state index contributed by atoms with van der Waals surface area (Å²) in [6.07, 6.45) is 3.82. The molecule has 2 fully saturated rings. The first-order valence-corrected chi connectivity index (χ1v) is 36.7. The smallest absolute Gasteiger partial charge is 0.416 e. The second kappa shape index (κ2) is 31.5. The highest BCUT2D eigenvalue weighted by Crippen LogP contribution is 2.57. The van der Waals surface area contributed by atoms with Gasteiger partial charge in [0.15, 0.2) is 40.8 Å². The number of para-hydroxylation sites is 1. The van der Waals surface area contributed by atoms with Gasteiger partial charge in [0.05, 0.1) is 88.8 Å². The second-order valence-electron chi connectivity index (χ2n) is 29.4. The molecule has 107 heavy (non-hydrogen) atoms. The van der Waals surface area contributed by atoms with E-state index in [1.165, 1.54) is 31.4 Å². The topological polar surface area (TPSA) is 289 Å². The van der Waals surface area contributed by atoms with Crippen LogP contribution in [-0.2, 0) is 59.5 Å². The number of hydroxylamine groups is 1. The van der Waals surface area contributed by atoms with Gasteiger partial charge in [0, 0.05) is 78.7 Å². The van der Waals surface area contributed by atoms with Gasteiger partial charge in [-0.1, -0.05) is 105 Å². The van der Waals surface area contributed by atoms with Crippen molar-refractivity contribution < 1.29 is 76.7 Å². The summed E-state index contributed by atoms with van der Waals surface area (Å²) < 4.78 is 37.3. The van der Waals surface area contributed by atoms with E-state index >= 15 is 0 Å². The number of hydrogen-bond donors (Lipinski definition) is 3. The number of carbonyl (C=O) groups excluding carboxylic acids is 8. The molecule has 3 N–H and O–H groups in total. The van der Waals surface area contributed by atoms with E-state index in [1.807, 2.05) is 108 Å². The van der Waals surface area contributed by atoms with Gasteiger partial charge in [-0.15, -0.1) is 5.10 Å². The standard InChI is InChI=1S/C82H91N9O16/c1-47(2)62(37-58(92)42-83-76(95)49(5)33-73(94)107-89-44-55-15-10-11-16-60(55)75-74(85-86-91(75)48(3)4)61-17-12-13-18-65(61)89)77(96)84-50(6)68(93)34-51-19-21-52(22-20-51)45-106-81(100)90-66-40-72(70(103-9)39-64(66)79(98)88-46-82(29-30-82)41-67(88)80(90)99)105-32-14-31-104-71-36-54-23-26-57-35-56(53-24-27-59(101-7)28-25-53)43-87(57)78(97)63(54)38-69(71)102-8/h10-13,15-22,24-25,27-28,36,38-40,43,47-50,57,62,67,80,99H,14,23,26,29-35,37,41-42,44-46H2,1-9H3,(H,83,95)(H,84,96)/t49?,50-,57+,62-,67-,80?/m0/s1. The van der Waals surface area contributed by atoms with Gasteiger partial charge in [0.2, 0.25) is 11.8 Å². The normalized spacial score (nSPS) is 18.1. The van der Waals surface area contributed by atoms with Gasteiger partial charge in [-0.2, -0.15) is 0 Å². The number of rotatable bonds is 27. The van der Waals surface area contributed by atoms with E-state index in [4.69, 9.17) is 33.3 Å². The number of aromatic nitrogens is 3. The number of amides is 5. The number of aryl methyl sites for hydroxylation is 1. The molecule has 1 aromatic heterocycles. The summed E-state index contributed by atoms with van der Waals surface area (Å²) in [6.45, 7) is 11.1. The molecule has 2 unspecified atom stereocenters. The predicted molar refractivity (Wildman–Crippen MR) is 396 cm³/mol. The molecule has 6 heterocycles. The van der Waals surface area contributed by atoms with Gasteiger partial charge in [-0.3, -0.25) is 28.8 Å². The average molecular weight is 1460 g/mol.